The molecular formula is C20H16FN3O4S. The molecule has 0 spiro atoms. The number of amidine groups is 1. The summed E-state index contributed by atoms with van der Waals surface area (Å²) in [6.07, 6.45) is 2.59. The maximum atomic E-state index is 13.2. The second-order valence-corrected chi connectivity index (χ2v) is 6.76. The molecule has 1 aliphatic heterocycles. The van der Waals surface area contributed by atoms with E-state index in [0.29, 0.717) is 5.75 Å². The van der Waals surface area contributed by atoms with Crippen molar-refractivity contribution in [1.82, 2.24) is 5.32 Å². The monoisotopic (exact) mass is 413 g/mol. The van der Waals surface area contributed by atoms with Gasteiger partial charge in [0.1, 0.15) is 18.2 Å². The number of hydrogen-bond acceptors (Lipinski definition) is 7. The Kier molecular flexibility index (Phi) is 6.75. The van der Waals surface area contributed by atoms with Gasteiger partial charge in [0.15, 0.2) is 5.17 Å². The number of nitrogens with one attached hydrogen (secondary N) is 1. The summed E-state index contributed by atoms with van der Waals surface area (Å²) in [6.45, 7) is 0.235. The molecule has 3 rings (SSSR count). The molecule has 7 nitrogen and oxygen atoms in total. The normalized spacial score (nSPS) is 16.4. The van der Waals surface area contributed by atoms with Gasteiger partial charge in [-0.1, -0.05) is 24.3 Å². The number of ether oxygens (including phenoxy) is 2. The highest BCUT2D eigenvalue weighted by molar-refractivity contribution is 8.18. The van der Waals surface area contributed by atoms with Gasteiger partial charge in [-0.25, -0.2) is 9.18 Å². The van der Waals surface area contributed by atoms with Gasteiger partial charge in [0.25, 0.3) is 5.91 Å². The van der Waals surface area contributed by atoms with Gasteiger partial charge in [-0.2, -0.15) is 5.10 Å². The van der Waals surface area contributed by atoms with Crippen LogP contribution in [0.2, 0.25) is 0 Å². The zero-order chi connectivity index (χ0) is 20.6. The van der Waals surface area contributed by atoms with Gasteiger partial charge >= 0.3 is 5.97 Å². The summed E-state index contributed by atoms with van der Waals surface area (Å²) in [5.41, 5.74) is 1.45. The third-order valence-corrected chi connectivity index (χ3v) is 4.51. The van der Waals surface area contributed by atoms with E-state index in [1.165, 1.54) is 25.5 Å². The standard InChI is InChI=1S/C20H16FN3O4S/c1-27-18(25)10-17-19(26)23-20(29-17)24-22-11-13-4-3-7-16(9-13)28-12-14-5-2-6-15(21)8-14/h2-11H,12H2,1H3,(H,23,24,26)/b17-10+,22-11?. The first-order valence-electron chi connectivity index (χ1n) is 8.40. The summed E-state index contributed by atoms with van der Waals surface area (Å²) in [5.74, 6) is -0.783. The van der Waals surface area contributed by atoms with Crippen molar-refractivity contribution >= 4 is 35.0 Å². The van der Waals surface area contributed by atoms with E-state index in [4.69, 9.17) is 4.74 Å². The first-order valence-corrected chi connectivity index (χ1v) is 9.22. The van der Waals surface area contributed by atoms with E-state index in [0.717, 1.165) is 29.0 Å². The smallest absolute Gasteiger partial charge is 0.331 e. The van der Waals surface area contributed by atoms with Crippen LogP contribution in [0.5, 0.6) is 5.75 Å². The molecule has 0 aliphatic carbocycles. The topological polar surface area (TPSA) is 89.3 Å². The Hall–Kier alpha value is -3.46. The molecule has 1 saturated heterocycles. The molecule has 0 saturated carbocycles. The summed E-state index contributed by atoms with van der Waals surface area (Å²) in [7, 11) is 1.23. The molecule has 29 heavy (non-hydrogen) atoms. The minimum Gasteiger partial charge on any atom is -0.489 e. The summed E-state index contributed by atoms with van der Waals surface area (Å²) in [4.78, 5) is 23.1. The van der Waals surface area contributed by atoms with Crippen LogP contribution in [0.25, 0.3) is 0 Å². The van der Waals surface area contributed by atoms with E-state index < -0.39 is 11.9 Å². The fraction of sp³-hybridized carbons (Fsp3) is 0.100. The second-order valence-electron chi connectivity index (χ2n) is 5.73. The summed E-state index contributed by atoms with van der Waals surface area (Å²) in [6, 6.07) is 13.3. The molecule has 1 fully saturated rings. The van der Waals surface area contributed by atoms with Gasteiger partial charge in [-0.3, -0.25) is 10.1 Å². The molecule has 1 heterocycles. The van der Waals surface area contributed by atoms with Crippen LogP contribution in [0.4, 0.5) is 4.39 Å². The number of benzene rings is 2. The predicted octanol–water partition coefficient (Wildman–Crippen LogP) is 3.01. The number of amides is 1. The van der Waals surface area contributed by atoms with Crippen LogP contribution in [-0.4, -0.2) is 30.4 Å². The van der Waals surface area contributed by atoms with Crippen LogP contribution in [0, 0.1) is 5.82 Å². The van der Waals surface area contributed by atoms with E-state index in [9.17, 15) is 14.0 Å². The number of rotatable bonds is 6. The average Bonchev–Trinajstić information content (AvgIpc) is 3.06. The highest BCUT2D eigenvalue weighted by Crippen LogP contribution is 2.23. The largest absolute Gasteiger partial charge is 0.489 e. The SMILES string of the molecule is COC(=O)/C=C1/S/C(=N\N=Cc2cccc(OCc3cccc(F)c3)c2)NC1=O. The summed E-state index contributed by atoms with van der Waals surface area (Å²) >= 11 is 0.988. The Morgan fingerprint density at radius 2 is 2.07 bits per heavy atom. The number of nitrogens with zero attached hydrogens (tertiary/aromatic N) is 2. The Morgan fingerprint density at radius 3 is 2.86 bits per heavy atom. The molecule has 0 radical (unpaired) electrons. The third kappa shape index (κ3) is 6.01. The lowest BCUT2D eigenvalue weighted by Gasteiger charge is -2.06. The maximum absolute atomic E-state index is 13.2. The number of thioether (sulfide) groups is 1. The zero-order valence-electron chi connectivity index (χ0n) is 15.3. The minimum absolute atomic E-state index is 0.179. The van der Waals surface area contributed by atoms with Crippen LogP contribution in [0.1, 0.15) is 11.1 Å². The fourth-order valence-corrected chi connectivity index (χ4v) is 3.01. The molecule has 0 aromatic heterocycles. The van der Waals surface area contributed by atoms with Gasteiger partial charge in [0.05, 0.1) is 18.2 Å². The number of hydrogen-bond donors (Lipinski definition) is 1. The van der Waals surface area contributed by atoms with Crippen LogP contribution in [0.3, 0.4) is 0 Å². The molecule has 1 N–H and O–H groups in total. The van der Waals surface area contributed by atoms with E-state index in [1.807, 2.05) is 6.07 Å². The van der Waals surface area contributed by atoms with E-state index in [1.54, 1.807) is 30.3 Å². The van der Waals surface area contributed by atoms with E-state index in [-0.39, 0.29) is 22.5 Å². The quantitative estimate of drug-likeness (QED) is 0.340. The van der Waals surface area contributed by atoms with Crippen molar-refractivity contribution in [2.45, 2.75) is 6.61 Å². The fourth-order valence-electron chi connectivity index (χ4n) is 2.27. The molecule has 9 heteroatoms. The lowest BCUT2D eigenvalue weighted by atomic mass is 10.2. The molecule has 0 bridgehead atoms. The van der Waals surface area contributed by atoms with Crippen molar-refractivity contribution in [2.24, 2.45) is 10.2 Å². The van der Waals surface area contributed by atoms with Gasteiger partial charge in [0, 0.05) is 6.08 Å². The predicted molar refractivity (Wildman–Crippen MR) is 108 cm³/mol. The molecule has 2 aromatic carbocycles. The lowest BCUT2D eigenvalue weighted by molar-refractivity contribution is -0.135. The van der Waals surface area contributed by atoms with Crippen LogP contribution >= 0.6 is 11.8 Å². The van der Waals surface area contributed by atoms with Crippen molar-refractivity contribution in [3.05, 3.63) is 76.5 Å². The van der Waals surface area contributed by atoms with Crippen molar-refractivity contribution in [2.75, 3.05) is 7.11 Å². The van der Waals surface area contributed by atoms with Crippen molar-refractivity contribution in [1.29, 1.82) is 0 Å². The first kappa shape index (κ1) is 20.3. The van der Waals surface area contributed by atoms with Crippen molar-refractivity contribution in [3.63, 3.8) is 0 Å². The minimum atomic E-state index is -0.623. The van der Waals surface area contributed by atoms with Gasteiger partial charge in [0.2, 0.25) is 0 Å². The Labute approximate surface area is 170 Å². The van der Waals surface area contributed by atoms with Gasteiger partial charge in [-0.05, 0) is 47.2 Å². The number of halogens is 1. The van der Waals surface area contributed by atoms with E-state index >= 15 is 0 Å². The number of methoxy groups -OCH3 is 1. The van der Waals surface area contributed by atoms with Crippen molar-refractivity contribution in [3.8, 4) is 5.75 Å². The molecular weight excluding hydrogens is 397 g/mol. The molecule has 1 aliphatic rings. The van der Waals surface area contributed by atoms with Crippen LogP contribution < -0.4 is 10.1 Å². The van der Waals surface area contributed by atoms with Gasteiger partial charge < -0.3 is 9.47 Å². The highest BCUT2D eigenvalue weighted by atomic mass is 32.2. The number of esters is 1. The van der Waals surface area contributed by atoms with Crippen LogP contribution in [0.15, 0.2) is 69.7 Å². The highest BCUT2D eigenvalue weighted by Gasteiger charge is 2.24. The molecule has 0 unspecified atom stereocenters. The first-order chi connectivity index (χ1) is 14.0. The third-order valence-electron chi connectivity index (χ3n) is 3.61. The molecule has 1 amide bonds. The van der Waals surface area contributed by atoms with Crippen molar-refractivity contribution < 1.29 is 23.5 Å². The lowest BCUT2D eigenvalue weighted by Crippen LogP contribution is -2.19. The Bertz CT molecular complexity index is 1020. The number of carbonyl (C=O) groups is 2. The van der Waals surface area contributed by atoms with Crippen LogP contribution in [-0.2, 0) is 20.9 Å². The Morgan fingerprint density at radius 1 is 1.24 bits per heavy atom. The van der Waals surface area contributed by atoms with E-state index in [2.05, 4.69) is 20.3 Å². The Balaban J connectivity index is 1.60. The average molecular weight is 413 g/mol. The molecule has 2 aromatic rings. The number of carbonyl (C=O) groups excluding carboxylic acids is 2. The van der Waals surface area contributed by atoms with Gasteiger partial charge in [-0.15, -0.1) is 5.10 Å². The second kappa shape index (κ2) is 9.65. The maximum Gasteiger partial charge on any atom is 0.331 e. The zero-order valence-corrected chi connectivity index (χ0v) is 16.1. The summed E-state index contributed by atoms with van der Waals surface area (Å²) < 4.78 is 23.4. The summed E-state index contributed by atoms with van der Waals surface area (Å²) in [5, 5.41) is 10.6. The molecule has 0 atom stereocenters. The molecule has 148 valence electrons.